The van der Waals surface area contributed by atoms with Gasteiger partial charge >= 0.3 is 5.97 Å². The minimum Gasteiger partial charge on any atom is -0.493 e. The lowest BCUT2D eigenvalue weighted by Crippen LogP contribution is -2.33. The molecule has 2 aromatic carbocycles. The number of likely N-dealkylation sites (tertiary alicyclic amines) is 1. The minimum atomic E-state index is -0.329. The highest BCUT2D eigenvalue weighted by Crippen LogP contribution is 2.43. The van der Waals surface area contributed by atoms with Crippen LogP contribution in [0.5, 0.6) is 11.5 Å². The van der Waals surface area contributed by atoms with Gasteiger partial charge in [-0.2, -0.15) is 0 Å². The van der Waals surface area contributed by atoms with E-state index in [-0.39, 0.29) is 25.0 Å². The summed E-state index contributed by atoms with van der Waals surface area (Å²) in [4.78, 5) is 15.5. The van der Waals surface area contributed by atoms with Crippen LogP contribution in [0.2, 0.25) is 0 Å². The first-order valence-corrected chi connectivity index (χ1v) is 17.1. The van der Waals surface area contributed by atoms with E-state index in [1.54, 1.807) is 14.2 Å². The van der Waals surface area contributed by atoms with E-state index in [0.29, 0.717) is 29.8 Å². The van der Waals surface area contributed by atoms with Gasteiger partial charge in [0.25, 0.3) is 0 Å². The molecule has 0 spiro atoms. The summed E-state index contributed by atoms with van der Waals surface area (Å²) < 4.78 is 23.0. The number of esters is 1. The van der Waals surface area contributed by atoms with Crippen LogP contribution < -0.4 is 9.47 Å². The van der Waals surface area contributed by atoms with Crippen LogP contribution in [-0.2, 0) is 27.2 Å². The van der Waals surface area contributed by atoms with Crippen molar-refractivity contribution in [2.75, 3.05) is 40.5 Å². The molecule has 2 aromatic rings. The second-order valence-electron chi connectivity index (χ2n) is 12.6. The predicted octanol–water partition coefficient (Wildman–Crippen LogP) is 9.18. The van der Waals surface area contributed by atoms with Crippen LogP contribution in [0.4, 0.5) is 0 Å². The highest BCUT2D eigenvalue weighted by Gasteiger charge is 2.30. The zero-order chi connectivity index (χ0) is 31.0. The molecule has 0 unspecified atom stereocenters. The van der Waals surface area contributed by atoms with Crippen LogP contribution >= 0.6 is 12.4 Å². The molecule has 4 rings (SSSR count). The van der Waals surface area contributed by atoms with Crippen LogP contribution in [0, 0.1) is 5.92 Å². The molecule has 1 aliphatic carbocycles. The Hall–Kier alpha value is -2.54. The number of ether oxygens (including phenoxy) is 4. The molecular weight excluding hydrogens is 586 g/mol. The molecule has 45 heavy (non-hydrogen) atoms. The van der Waals surface area contributed by atoms with Crippen molar-refractivity contribution >= 4 is 24.1 Å². The fourth-order valence-corrected chi connectivity index (χ4v) is 6.60. The molecule has 250 valence electrons. The van der Waals surface area contributed by atoms with Crippen molar-refractivity contribution in [1.82, 2.24) is 4.90 Å². The third-order valence-corrected chi connectivity index (χ3v) is 9.15. The molecule has 1 heterocycles. The van der Waals surface area contributed by atoms with Gasteiger partial charge in [-0.15, -0.1) is 12.4 Å². The maximum Gasteiger partial charge on any atom is 0.337 e. The molecule has 1 saturated heterocycles. The standard InChI is InChI=1S/C38H55NO5.ClH/c1-4-5-6-7-8-9-10-11-12-16-23-43-29-37(40)44-38-33(25-32-26-35(41-2)36(42-3)27-34(32)38)24-30-19-21-39(22-20-30)28-31-17-14-13-15-18-31;/h13-15,17-18,26-27,30H,4-12,16,19-25,28-29H2,1-3H3;1H. The number of benzene rings is 2. The number of nitrogens with zero attached hydrogens (tertiary/aromatic N) is 1. The lowest BCUT2D eigenvalue weighted by Gasteiger charge is -2.32. The summed E-state index contributed by atoms with van der Waals surface area (Å²) >= 11 is 0. The highest BCUT2D eigenvalue weighted by molar-refractivity contribution is 5.85. The number of rotatable bonds is 20. The van der Waals surface area contributed by atoms with Crippen molar-refractivity contribution in [1.29, 1.82) is 0 Å². The van der Waals surface area contributed by atoms with E-state index in [2.05, 4.69) is 42.2 Å². The fourth-order valence-electron chi connectivity index (χ4n) is 6.60. The first-order chi connectivity index (χ1) is 21.6. The van der Waals surface area contributed by atoms with Crippen molar-refractivity contribution in [2.45, 2.75) is 103 Å². The molecule has 6 nitrogen and oxygen atoms in total. The number of allylic oxidation sites excluding steroid dienone is 1. The molecular formula is C38H56ClNO5. The predicted molar refractivity (Wildman–Crippen MR) is 185 cm³/mol. The van der Waals surface area contributed by atoms with Gasteiger partial charge in [0.1, 0.15) is 12.4 Å². The second-order valence-corrected chi connectivity index (χ2v) is 12.6. The largest absolute Gasteiger partial charge is 0.493 e. The van der Waals surface area contributed by atoms with Crippen molar-refractivity contribution in [2.24, 2.45) is 5.92 Å². The maximum atomic E-state index is 13.0. The van der Waals surface area contributed by atoms with Gasteiger partial charge in [-0.05, 0) is 79.9 Å². The SMILES string of the molecule is CCCCCCCCCCCCOCC(=O)OC1=C(CC2CCN(Cc3ccccc3)CC2)Cc2cc(OC)c(OC)cc21.Cl. The van der Waals surface area contributed by atoms with E-state index in [9.17, 15) is 4.79 Å². The Morgan fingerprint density at radius 1 is 0.844 bits per heavy atom. The number of methoxy groups -OCH3 is 2. The fraction of sp³-hybridized carbons (Fsp3) is 0.605. The number of carbonyl (C=O) groups is 1. The van der Waals surface area contributed by atoms with Crippen molar-refractivity contribution in [3.05, 3.63) is 64.7 Å². The summed E-state index contributed by atoms with van der Waals surface area (Å²) in [7, 11) is 3.30. The number of unbranched alkanes of at least 4 members (excludes halogenated alkanes) is 9. The number of carbonyl (C=O) groups excluding carboxylic acids is 1. The smallest absolute Gasteiger partial charge is 0.337 e. The second kappa shape index (κ2) is 20.6. The van der Waals surface area contributed by atoms with E-state index in [1.807, 2.05) is 12.1 Å². The summed E-state index contributed by atoms with van der Waals surface area (Å²) in [5.74, 6) is 2.28. The molecule has 0 saturated carbocycles. The minimum absolute atomic E-state index is 0. The molecule has 1 fully saturated rings. The van der Waals surface area contributed by atoms with E-state index in [0.717, 1.165) is 69.3 Å². The molecule has 2 aliphatic rings. The Morgan fingerprint density at radius 3 is 2.11 bits per heavy atom. The zero-order valence-electron chi connectivity index (χ0n) is 28.0. The molecule has 1 aliphatic heterocycles. The molecule has 0 aromatic heterocycles. The number of piperidine rings is 1. The van der Waals surface area contributed by atoms with Crippen LogP contribution in [0.15, 0.2) is 48.0 Å². The quantitative estimate of drug-likeness (QED) is 0.106. The Bertz CT molecular complexity index is 1180. The zero-order valence-corrected chi connectivity index (χ0v) is 28.8. The van der Waals surface area contributed by atoms with E-state index in [1.165, 1.54) is 62.5 Å². The molecule has 0 N–H and O–H groups in total. The average Bonchev–Trinajstić information content (AvgIpc) is 3.37. The van der Waals surface area contributed by atoms with Gasteiger partial charge < -0.3 is 18.9 Å². The number of fused-ring (bicyclic) bond motifs is 1. The van der Waals surface area contributed by atoms with Crippen molar-refractivity contribution < 1.29 is 23.7 Å². The van der Waals surface area contributed by atoms with Gasteiger partial charge in [0.15, 0.2) is 11.5 Å². The first kappa shape index (κ1) is 36.9. The van der Waals surface area contributed by atoms with Crippen molar-refractivity contribution in [3.8, 4) is 11.5 Å². The number of hydrogen-bond acceptors (Lipinski definition) is 6. The summed E-state index contributed by atoms with van der Waals surface area (Å²) in [6.45, 7) is 6.02. The lowest BCUT2D eigenvalue weighted by atomic mass is 9.89. The Kier molecular flexibility index (Phi) is 16.9. The molecule has 0 amide bonds. The molecule has 7 heteroatoms. The van der Waals surface area contributed by atoms with Gasteiger partial charge in [0, 0.05) is 18.7 Å². The summed E-state index contributed by atoms with van der Waals surface area (Å²) in [5, 5.41) is 0. The molecule has 0 atom stereocenters. The summed E-state index contributed by atoms with van der Waals surface area (Å²) in [6, 6.07) is 14.7. The molecule has 0 radical (unpaired) electrons. The van der Waals surface area contributed by atoms with Gasteiger partial charge in [0.2, 0.25) is 0 Å². The van der Waals surface area contributed by atoms with Crippen LogP contribution in [0.3, 0.4) is 0 Å². The van der Waals surface area contributed by atoms with Crippen molar-refractivity contribution in [3.63, 3.8) is 0 Å². The van der Waals surface area contributed by atoms with E-state index >= 15 is 0 Å². The molecule has 0 bridgehead atoms. The number of halogens is 1. The van der Waals surface area contributed by atoms with E-state index < -0.39 is 0 Å². The lowest BCUT2D eigenvalue weighted by molar-refractivity contribution is -0.141. The summed E-state index contributed by atoms with van der Waals surface area (Å²) in [5.41, 5.74) is 4.61. The van der Waals surface area contributed by atoms with Gasteiger partial charge in [-0.1, -0.05) is 95.0 Å². The normalized spacial score (nSPS) is 15.1. The van der Waals surface area contributed by atoms with Crippen LogP contribution in [-0.4, -0.2) is 51.4 Å². The topological polar surface area (TPSA) is 57.2 Å². The third kappa shape index (κ3) is 12.0. The van der Waals surface area contributed by atoms with Gasteiger partial charge in [-0.25, -0.2) is 4.79 Å². The number of hydrogen-bond donors (Lipinski definition) is 0. The first-order valence-electron chi connectivity index (χ1n) is 17.1. The highest BCUT2D eigenvalue weighted by atomic mass is 35.5. The maximum absolute atomic E-state index is 13.0. The monoisotopic (exact) mass is 641 g/mol. The Labute approximate surface area is 278 Å². The van der Waals surface area contributed by atoms with Gasteiger partial charge in [-0.3, -0.25) is 4.90 Å². The Balaban J connectivity index is 0.00000552. The van der Waals surface area contributed by atoms with Crippen LogP contribution in [0.25, 0.3) is 5.76 Å². The van der Waals surface area contributed by atoms with Gasteiger partial charge in [0.05, 0.1) is 14.2 Å². The third-order valence-electron chi connectivity index (χ3n) is 9.15. The average molecular weight is 642 g/mol. The van der Waals surface area contributed by atoms with E-state index in [4.69, 9.17) is 18.9 Å². The Morgan fingerprint density at radius 2 is 1.47 bits per heavy atom. The summed E-state index contributed by atoms with van der Waals surface area (Å²) in [6.07, 6.45) is 16.8. The van der Waals surface area contributed by atoms with Crippen LogP contribution in [0.1, 0.15) is 107 Å².